The quantitative estimate of drug-likeness (QED) is 0.752. The summed E-state index contributed by atoms with van der Waals surface area (Å²) in [6, 6.07) is 4.59. The van der Waals surface area contributed by atoms with E-state index in [0.29, 0.717) is 0 Å². The highest BCUT2D eigenvalue weighted by Crippen LogP contribution is 2.24. The summed E-state index contributed by atoms with van der Waals surface area (Å²) in [6.45, 7) is 2.77. The van der Waals surface area contributed by atoms with E-state index in [9.17, 15) is 4.39 Å². The molecule has 0 aliphatic rings. The Hall–Kier alpha value is -0.900. The molecule has 2 nitrogen and oxygen atoms in total. The topological polar surface area (TPSA) is 17.8 Å². The zero-order chi connectivity index (χ0) is 9.42. The van der Waals surface area contributed by atoms with Gasteiger partial charge in [0.1, 0.15) is 10.4 Å². The van der Waals surface area contributed by atoms with Gasteiger partial charge in [-0.05, 0) is 41.1 Å². The molecule has 0 amide bonds. The standard InChI is InChI=1S/C9H8BrFN2/c1-2-13-9(10)7-5-6(11)3-4-8(7)12-13/h3-5H,2H2,1H3. The molecule has 4 heteroatoms. The van der Waals surface area contributed by atoms with Crippen LogP contribution in [0.1, 0.15) is 6.92 Å². The number of aryl methyl sites for hydroxylation is 1. The lowest BCUT2D eigenvalue weighted by atomic mass is 10.2. The molecule has 0 spiro atoms. The first-order valence-electron chi connectivity index (χ1n) is 4.04. The van der Waals surface area contributed by atoms with Crippen LogP contribution in [-0.4, -0.2) is 9.78 Å². The van der Waals surface area contributed by atoms with Crippen LogP contribution >= 0.6 is 15.9 Å². The molecule has 0 N–H and O–H groups in total. The molecule has 0 saturated carbocycles. The van der Waals surface area contributed by atoms with Crippen LogP contribution in [0.25, 0.3) is 10.9 Å². The number of hydrogen-bond acceptors (Lipinski definition) is 1. The van der Waals surface area contributed by atoms with E-state index >= 15 is 0 Å². The Labute approximate surface area is 83.5 Å². The molecule has 0 aliphatic heterocycles. The summed E-state index contributed by atoms with van der Waals surface area (Å²) < 4.78 is 15.5. The van der Waals surface area contributed by atoms with E-state index in [1.165, 1.54) is 12.1 Å². The molecule has 0 atom stereocenters. The van der Waals surface area contributed by atoms with Gasteiger partial charge >= 0.3 is 0 Å². The van der Waals surface area contributed by atoms with Crippen LogP contribution in [0.4, 0.5) is 4.39 Å². The van der Waals surface area contributed by atoms with Crippen molar-refractivity contribution in [2.75, 3.05) is 0 Å². The summed E-state index contributed by atoms with van der Waals surface area (Å²) in [5.41, 5.74) is 0.815. The van der Waals surface area contributed by atoms with Gasteiger partial charge < -0.3 is 0 Å². The van der Waals surface area contributed by atoms with E-state index in [-0.39, 0.29) is 5.82 Å². The van der Waals surface area contributed by atoms with E-state index in [4.69, 9.17) is 0 Å². The largest absolute Gasteiger partial charge is 0.258 e. The first kappa shape index (κ1) is 8.69. The molecule has 0 aliphatic carbocycles. The SMILES string of the molecule is CCn1nc2ccc(F)cc2c1Br. The summed E-state index contributed by atoms with van der Waals surface area (Å²) in [5, 5.41) is 5.10. The number of hydrogen-bond donors (Lipinski definition) is 0. The summed E-state index contributed by atoms with van der Waals surface area (Å²) in [4.78, 5) is 0. The zero-order valence-corrected chi connectivity index (χ0v) is 8.68. The Kier molecular flexibility index (Phi) is 2.07. The second-order valence-corrected chi connectivity index (χ2v) is 3.52. The van der Waals surface area contributed by atoms with Crippen LogP contribution in [0.5, 0.6) is 0 Å². The van der Waals surface area contributed by atoms with Crippen molar-refractivity contribution in [2.24, 2.45) is 0 Å². The number of aromatic nitrogens is 2. The Balaban J connectivity index is 2.77. The number of halogens is 2. The van der Waals surface area contributed by atoms with Crippen molar-refractivity contribution in [2.45, 2.75) is 13.5 Å². The fourth-order valence-electron chi connectivity index (χ4n) is 1.28. The van der Waals surface area contributed by atoms with Gasteiger partial charge in [-0.1, -0.05) is 0 Å². The predicted octanol–water partition coefficient (Wildman–Crippen LogP) is 2.96. The molecule has 1 aromatic heterocycles. The fraction of sp³-hybridized carbons (Fsp3) is 0.222. The first-order valence-corrected chi connectivity index (χ1v) is 4.83. The van der Waals surface area contributed by atoms with Crippen molar-refractivity contribution < 1.29 is 4.39 Å². The molecule has 0 unspecified atom stereocenters. The third-order valence-electron chi connectivity index (χ3n) is 1.94. The van der Waals surface area contributed by atoms with E-state index in [1.807, 2.05) is 6.92 Å². The maximum Gasteiger partial charge on any atom is 0.124 e. The summed E-state index contributed by atoms with van der Waals surface area (Å²) >= 11 is 3.38. The van der Waals surface area contributed by atoms with Gasteiger partial charge in [-0.25, -0.2) is 4.39 Å². The Morgan fingerprint density at radius 1 is 1.54 bits per heavy atom. The minimum Gasteiger partial charge on any atom is -0.258 e. The summed E-state index contributed by atoms with van der Waals surface area (Å²) in [7, 11) is 0. The molecule has 1 aromatic carbocycles. The highest BCUT2D eigenvalue weighted by Gasteiger charge is 2.07. The van der Waals surface area contributed by atoms with E-state index in [0.717, 1.165) is 22.1 Å². The van der Waals surface area contributed by atoms with Gasteiger partial charge in [-0.2, -0.15) is 5.10 Å². The maximum absolute atomic E-state index is 12.9. The van der Waals surface area contributed by atoms with Gasteiger partial charge in [-0.15, -0.1) is 0 Å². The number of rotatable bonds is 1. The minimum atomic E-state index is -0.233. The van der Waals surface area contributed by atoms with Crippen LogP contribution in [0.2, 0.25) is 0 Å². The van der Waals surface area contributed by atoms with Crippen molar-refractivity contribution >= 4 is 26.8 Å². The van der Waals surface area contributed by atoms with Gasteiger partial charge in [0.25, 0.3) is 0 Å². The van der Waals surface area contributed by atoms with Gasteiger partial charge in [0, 0.05) is 11.9 Å². The monoisotopic (exact) mass is 242 g/mol. The van der Waals surface area contributed by atoms with Crippen molar-refractivity contribution in [3.05, 3.63) is 28.6 Å². The third-order valence-corrected chi connectivity index (χ3v) is 2.77. The molecular formula is C9H8BrFN2. The molecule has 13 heavy (non-hydrogen) atoms. The second kappa shape index (κ2) is 3.10. The van der Waals surface area contributed by atoms with Gasteiger partial charge in [-0.3, -0.25) is 4.68 Å². The number of fused-ring (bicyclic) bond motifs is 1. The van der Waals surface area contributed by atoms with E-state index in [1.54, 1.807) is 10.7 Å². The van der Waals surface area contributed by atoms with Crippen molar-refractivity contribution in [1.82, 2.24) is 9.78 Å². The predicted molar refractivity (Wildman–Crippen MR) is 53.1 cm³/mol. The maximum atomic E-state index is 12.9. The summed E-state index contributed by atoms with van der Waals surface area (Å²) in [6.07, 6.45) is 0. The second-order valence-electron chi connectivity index (χ2n) is 2.77. The number of benzene rings is 1. The van der Waals surface area contributed by atoms with Gasteiger partial charge in [0.05, 0.1) is 5.52 Å². The van der Waals surface area contributed by atoms with Crippen LogP contribution in [-0.2, 0) is 6.54 Å². The normalized spacial score (nSPS) is 11.0. The molecule has 0 fully saturated rings. The Morgan fingerprint density at radius 2 is 2.31 bits per heavy atom. The van der Waals surface area contributed by atoms with Crippen LogP contribution < -0.4 is 0 Å². The average molecular weight is 243 g/mol. The van der Waals surface area contributed by atoms with E-state index < -0.39 is 0 Å². The summed E-state index contributed by atoms with van der Waals surface area (Å²) in [5.74, 6) is -0.233. The fourth-order valence-corrected chi connectivity index (χ4v) is 1.93. The smallest absolute Gasteiger partial charge is 0.124 e. The van der Waals surface area contributed by atoms with Crippen LogP contribution in [0.15, 0.2) is 22.8 Å². The van der Waals surface area contributed by atoms with Crippen molar-refractivity contribution in [1.29, 1.82) is 0 Å². The van der Waals surface area contributed by atoms with Crippen molar-refractivity contribution in [3.8, 4) is 0 Å². The van der Waals surface area contributed by atoms with Crippen LogP contribution in [0.3, 0.4) is 0 Å². The molecular weight excluding hydrogens is 235 g/mol. The van der Waals surface area contributed by atoms with Gasteiger partial charge in [0.15, 0.2) is 0 Å². The zero-order valence-electron chi connectivity index (χ0n) is 7.09. The molecule has 2 rings (SSSR count). The molecule has 0 radical (unpaired) electrons. The Bertz CT molecular complexity index is 450. The average Bonchev–Trinajstić information content (AvgIpc) is 2.44. The van der Waals surface area contributed by atoms with Gasteiger partial charge in [0.2, 0.25) is 0 Å². The van der Waals surface area contributed by atoms with Crippen LogP contribution in [0, 0.1) is 5.82 Å². The third kappa shape index (κ3) is 1.35. The highest BCUT2D eigenvalue weighted by molar-refractivity contribution is 9.10. The molecule has 1 heterocycles. The Morgan fingerprint density at radius 3 is 3.00 bits per heavy atom. The molecule has 68 valence electrons. The highest BCUT2D eigenvalue weighted by atomic mass is 79.9. The molecule has 0 saturated heterocycles. The minimum absolute atomic E-state index is 0.233. The first-order chi connectivity index (χ1) is 6.22. The lowest BCUT2D eigenvalue weighted by Gasteiger charge is -1.94. The lowest BCUT2D eigenvalue weighted by Crippen LogP contribution is -1.95. The number of nitrogens with zero attached hydrogens (tertiary/aromatic N) is 2. The molecule has 0 bridgehead atoms. The van der Waals surface area contributed by atoms with Crippen molar-refractivity contribution in [3.63, 3.8) is 0 Å². The lowest BCUT2D eigenvalue weighted by molar-refractivity contribution is 0.629. The van der Waals surface area contributed by atoms with E-state index in [2.05, 4.69) is 21.0 Å². The molecule has 2 aromatic rings.